The van der Waals surface area contributed by atoms with Gasteiger partial charge in [-0.05, 0) is 86.7 Å². The molecule has 0 fully saturated rings. The second-order valence-corrected chi connectivity index (χ2v) is 8.18. The van der Waals surface area contributed by atoms with Crippen LogP contribution in [0.5, 0.6) is 0 Å². The summed E-state index contributed by atoms with van der Waals surface area (Å²) >= 11 is 0. The third kappa shape index (κ3) is 16.6. The van der Waals surface area contributed by atoms with Crippen LogP contribution in [0.25, 0.3) is 0 Å². The van der Waals surface area contributed by atoms with Crippen LogP contribution in [0.3, 0.4) is 0 Å². The molecule has 0 aliphatic carbocycles. The summed E-state index contributed by atoms with van der Waals surface area (Å²) in [6, 6.07) is 0. The molecule has 1 N–H and O–H groups in total. The number of carbonyl (C=O) groups excluding carboxylic acids is 1. The van der Waals surface area contributed by atoms with E-state index in [0.717, 1.165) is 57.2 Å². The molecule has 0 aromatic heterocycles. The van der Waals surface area contributed by atoms with E-state index in [-0.39, 0.29) is 5.91 Å². The van der Waals surface area contributed by atoms with E-state index in [4.69, 9.17) is 0 Å². The molecule has 0 spiro atoms. The maximum atomic E-state index is 11.9. The van der Waals surface area contributed by atoms with Crippen LogP contribution in [0, 0.1) is 0 Å². The zero-order chi connectivity index (χ0) is 21.4. The van der Waals surface area contributed by atoms with Crippen LogP contribution in [-0.4, -0.2) is 37.5 Å². The second-order valence-electron chi connectivity index (χ2n) is 8.18. The van der Waals surface area contributed by atoms with Gasteiger partial charge in [-0.15, -0.1) is 0 Å². The van der Waals surface area contributed by atoms with Gasteiger partial charge in [0.05, 0.1) is 0 Å². The lowest BCUT2D eigenvalue weighted by Gasteiger charge is -2.13. The molecule has 1 amide bonds. The highest BCUT2D eigenvalue weighted by atomic mass is 16.1. The van der Waals surface area contributed by atoms with Crippen molar-refractivity contribution in [2.45, 2.75) is 80.1 Å². The Bertz CT molecular complexity index is 563. The molecule has 0 radical (unpaired) electrons. The molecule has 0 aliphatic heterocycles. The fourth-order valence-corrected chi connectivity index (χ4v) is 2.76. The van der Waals surface area contributed by atoms with Crippen molar-refractivity contribution in [3.8, 4) is 0 Å². The fraction of sp³-hybridized carbons (Fsp3) is 0.640. The molecule has 3 nitrogen and oxygen atoms in total. The van der Waals surface area contributed by atoms with Crippen LogP contribution in [0.15, 0.2) is 46.6 Å². The first kappa shape index (κ1) is 26.4. The summed E-state index contributed by atoms with van der Waals surface area (Å²) in [5.41, 5.74) is 5.46. The normalized spacial score (nSPS) is 13.1. The Morgan fingerprint density at radius 1 is 0.821 bits per heavy atom. The van der Waals surface area contributed by atoms with Gasteiger partial charge in [-0.25, -0.2) is 0 Å². The zero-order valence-corrected chi connectivity index (χ0v) is 19.5. The summed E-state index contributed by atoms with van der Waals surface area (Å²) in [6.45, 7) is 15.5. The van der Waals surface area contributed by atoms with E-state index < -0.39 is 0 Å². The van der Waals surface area contributed by atoms with Gasteiger partial charge in [-0.2, -0.15) is 0 Å². The number of nitrogens with one attached hydrogen (secondary N) is 1. The van der Waals surface area contributed by atoms with Crippen LogP contribution >= 0.6 is 0 Å². The summed E-state index contributed by atoms with van der Waals surface area (Å²) in [7, 11) is 2.06. The number of allylic oxidation sites excluding steroid dienone is 7. The monoisotopic (exact) mass is 388 g/mol. The number of amides is 1. The maximum Gasteiger partial charge on any atom is 0.243 e. The lowest BCUT2D eigenvalue weighted by atomic mass is 10.0. The number of likely N-dealkylation sites (N-methyl/N-ethyl adjacent to an activating group) is 1. The zero-order valence-electron chi connectivity index (χ0n) is 19.5. The van der Waals surface area contributed by atoms with Gasteiger partial charge >= 0.3 is 0 Å². The molecular formula is C25H44N2O. The lowest BCUT2D eigenvalue weighted by Crippen LogP contribution is -2.32. The molecule has 160 valence electrons. The van der Waals surface area contributed by atoms with Crippen LogP contribution in [0.4, 0.5) is 0 Å². The minimum atomic E-state index is 0.0245. The molecule has 0 atom stereocenters. The predicted octanol–water partition coefficient (Wildman–Crippen LogP) is 6.20. The molecule has 0 saturated heterocycles. The highest BCUT2D eigenvalue weighted by Crippen LogP contribution is 2.13. The van der Waals surface area contributed by atoms with Crippen LogP contribution < -0.4 is 5.32 Å². The number of hydrogen-bond donors (Lipinski definition) is 1. The summed E-state index contributed by atoms with van der Waals surface area (Å²) < 4.78 is 0. The molecule has 0 saturated carbocycles. The summed E-state index contributed by atoms with van der Waals surface area (Å²) in [6.07, 6.45) is 15.2. The molecule has 0 aromatic carbocycles. The van der Waals surface area contributed by atoms with Crippen molar-refractivity contribution in [2.24, 2.45) is 0 Å². The first-order chi connectivity index (χ1) is 13.2. The van der Waals surface area contributed by atoms with Gasteiger partial charge in [0.25, 0.3) is 0 Å². The Balaban J connectivity index is 4.08. The van der Waals surface area contributed by atoms with Crippen molar-refractivity contribution >= 4 is 5.91 Å². The van der Waals surface area contributed by atoms with Crippen molar-refractivity contribution in [3.63, 3.8) is 0 Å². The summed E-state index contributed by atoms with van der Waals surface area (Å²) in [5.74, 6) is 0.0245. The Morgan fingerprint density at radius 3 is 1.82 bits per heavy atom. The Labute approximate surface area is 174 Å². The van der Waals surface area contributed by atoms with E-state index in [9.17, 15) is 4.79 Å². The summed E-state index contributed by atoms with van der Waals surface area (Å²) in [4.78, 5) is 14.1. The first-order valence-electron chi connectivity index (χ1n) is 10.8. The third-order valence-electron chi connectivity index (χ3n) is 4.86. The highest BCUT2D eigenvalue weighted by Gasteiger charge is 1.99. The van der Waals surface area contributed by atoms with Crippen LogP contribution in [0.1, 0.15) is 80.1 Å². The topological polar surface area (TPSA) is 32.3 Å². The van der Waals surface area contributed by atoms with Gasteiger partial charge in [0.1, 0.15) is 0 Å². The van der Waals surface area contributed by atoms with Crippen molar-refractivity contribution in [2.75, 3.05) is 26.7 Å². The van der Waals surface area contributed by atoms with E-state index in [1.807, 2.05) is 6.92 Å². The van der Waals surface area contributed by atoms with Gasteiger partial charge in [0.2, 0.25) is 5.91 Å². The van der Waals surface area contributed by atoms with E-state index in [1.165, 1.54) is 16.7 Å². The van der Waals surface area contributed by atoms with E-state index in [0.29, 0.717) is 6.54 Å². The molecule has 0 aliphatic rings. The number of hydrogen-bond acceptors (Lipinski definition) is 2. The number of nitrogens with zero attached hydrogens (tertiary/aromatic N) is 1. The molecule has 0 unspecified atom stereocenters. The van der Waals surface area contributed by atoms with Gasteiger partial charge < -0.3 is 10.2 Å². The molecule has 0 bridgehead atoms. The molecule has 28 heavy (non-hydrogen) atoms. The predicted molar refractivity (Wildman–Crippen MR) is 125 cm³/mol. The Morgan fingerprint density at radius 2 is 1.32 bits per heavy atom. The maximum absolute atomic E-state index is 11.9. The van der Waals surface area contributed by atoms with Crippen LogP contribution in [0.2, 0.25) is 0 Å². The minimum absolute atomic E-state index is 0.0245. The molecule has 0 rings (SSSR count). The molecular weight excluding hydrogens is 344 g/mol. The third-order valence-corrected chi connectivity index (χ3v) is 4.86. The fourth-order valence-electron chi connectivity index (χ4n) is 2.76. The quantitative estimate of drug-likeness (QED) is 0.284. The minimum Gasteiger partial charge on any atom is -0.351 e. The SMILES string of the molecule is CCN(C)CCNC(=O)C=C(C)CCC=C(C)CCC=C(C)CCC=C(C)C. The summed E-state index contributed by atoms with van der Waals surface area (Å²) in [5, 5.41) is 2.95. The smallest absolute Gasteiger partial charge is 0.243 e. The average Bonchev–Trinajstić information content (AvgIpc) is 2.61. The second kappa shape index (κ2) is 16.4. The van der Waals surface area contributed by atoms with E-state index >= 15 is 0 Å². The first-order valence-corrected chi connectivity index (χ1v) is 10.8. The van der Waals surface area contributed by atoms with Crippen molar-refractivity contribution < 1.29 is 4.79 Å². The standard InChI is InChI=1S/C25H44N2O/c1-8-27(7)19-18-26-25(28)20-24(6)17-11-16-23(5)15-10-14-22(4)13-9-12-21(2)3/h12,14,16,20H,8-11,13,15,17-19H2,1-7H3,(H,26,28). The largest absolute Gasteiger partial charge is 0.351 e. The van der Waals surface area contributed by atoms with Gasteiger partial charge in [-0.1, -0.05) is 47.4 Å². The van der Waals surface area contributed by atoms with Gasteiger partial charge in [0.15, 0.2) is 0 Å². The molecule has 0 aromatic rings. The van der Waals surface area contributed by atoms with E-state index in [2.05, 4.69) is 70.1 Å². The molecule has 0 heterocycles. The number of rotatable bonds is 14. The van der Waals surface area contributed by atoms with Crippen molar-refractivity contribution in [1.82, 2.24) is 10.2 Å². The number of carbonyl (C=O) groups is 1. The van der Waals surface area contributed by atoms with Gasteiger partial charge in [-0.3, -0.25) is 4.79 Å². The Kier molecular flexibility index (Phi) is 15.4. The lowest BCUT2D eigenvalue weighted by molar-refractivity contribution is -0.116. The van der Waals surface area contributed by atoms with Crippen LogP contribution in [-0.2, 0) is 4.79 Å². The molecule has 3 heteroatoms. The van der Waals surface area contributed by atoms with Gasteiger partial charge in [0, 0.05) is 19.2 Å². The van der Waals surface area contributed by atoms with Crippen molar-refractivity contribution in [1.29, 1.82) is 0 Å². The average molecular weight is 389 g/mol. The van der Waals surface area contributed by atoms with E-state index in [1.54, 1.807) is 6.08 Å². The highest BCUT2D eigenvalue weighted by molar-refractivity contribution is 5.88. The van der Waals surface area contributed by atoms with Crippen molar-refractivity contribution in [3.05, 3.63) is 46.6 Å². The Hall–Kier alpha value is -1.61.